The molecule has 18 heavy (non-hydrogen) atoms. The summed E-state index contributed by atoms with van der Waals surface area (Å²) in [5.41, 5.74) is 0.933. The second kappa shape index (κ2) is 4.85. The second-order valence-corrected chi connectivity index (χ2v) is 5.50. The van der Waals surface area contributed by atoms with E-state index in [1.165, 1.54) is 0 Å². The van der Waals surface area contributed by atoms with Gasteiger partial charge in [-0.2, -0.15) is 0 Å². The number of hydrogen-bond acceptors (Lipinski definition) is 4. The standard InChI is InChI=1S/C12H16BrN5/c1-16-4-2-5-17(8-7-16)12-11-14-3-6-18(11)9-10(13)15-12/h3,6,9H,2,4-5,7-8H2,1H3. The smallest absolute Gasteiger partial charge is 0.180 e. The fraction of sp³-hybridized carbons (Fsp3) is 0.500. The molecule has 2 aromatic rings. The van der Waals surface area contributed by atoms with Crippen molar-refractivity contribution in [3.05, 3.63) is 23.2 Å². The second-order valence-electron chi connectivity index (χ2n) is 4.69. The van der Waals surface area contributed by atoms with Crippen molar-refractivity contribution >= 4 is 27.4 Å². The maximum absolute atomic E-state index is 4.60. The Balaban J connectivity index is 1.99. The molecule has 2 aromatic heterocycles. The number of imidazole rings is 1. The van der Waals surface area contributed by atoms with Crippen molar-refractivity contribution < 1.29 is 0 Å². The average Bonchev–Trinajstić information content (AvgIpc) is 2.70. The molecule has 1 aliphatic heterocycles. The summed E-state index contributed by atoms with van der Waals surface area (Å²) in [5.74, 6) is 0.977. The molecule has 0 bridgehead atoms. The van der Waals surface area contributed by atoms with Crippen LogP contribution in [0, 0.1) is 0 Å². The Hall–Kier alpha value is -1.14. The van der Waals surface area contributed by atoms with Crippen LogP contribution in [0.1, 0.15) is 6.42 Å². The number of likely N-dealkylation sites (N-methyl/N-ethyl adjacent to an activating group) is 1. The Morgan fingerprint density at radius 2 is 2.11 bits per heavy atom. The quantitative estimate of drug-likeness (QED) is 0.802. The van der Waals surface area contributed by atoms with Gasteiger partial charge < -0.3 is 14.2 Å². The molecule has 0 saturated carbocycles. The lowest BCUT2D eigenvalue weighted by atomic mass is 10.4. The van der Waals surface area contributed by atoms with E-state index in [-0.39, 0.29) is 0 Å². The molecule has 0 unspecified atom stereocenters. The molecule has 1 aliphatic rings. The molecule has 6 heteroatoms. The Bertz CT molecular complexity index is 552. The summed E-state index contributed by atoms with van der Waals surface area (Å²) in [6.45, 7) is 4.26. The van der Waals surface area contributed by atoms with Crippen LogP contribution < -0.4 is 4.90 Å². The zero-order valence-corrected chi connectivity index (χ0v) is 12.0. The van der Waals surface area contributed by atoms with Crippen LogP contribution >= 0.6 is 15.9 Å². The number of nitrogens with zero attached hydrogens (tertiary/aromatic N) is 5. The largest absolute Gasteiger partial charge is 0.352 e. The first kappa shape index (κ1) is 11.9. The number of rotatable bonds is 1. The maximum atomic E-state index is 4.60. The van der Waals surface area contributed by atoms with Crippen LogP contribution in [-0.2, 0) is 0 Å². The third-order valence-corrected chi connectivity index (χ3v) is 3.73. The molecule has 0 atom stereocenters. The van der Waals surface area contributed by atoms with Crippen molar-refractivity contribution in [3.63, 3.8) is 0 Å². The summed E-state index contributed by atoms with van der Waals surface area (Å²) in [5, 5.41) is 0. The third-order valence-electron chi connectivity index (χ3n) is 3.35. The highest BCUT2D eigenvalue weighted by Crippen LogP contribution is 2.22. The SMILES string of the molecule is CN1CCCN(c2nc(Br)cn3ccnc23)CC1. The van der Waals surface area contributed by atoms with Crippen molar-refractivity contribution in [2.75, 3.05) is 38.1 Å². The first-order chi connectivity index (χ1) is 8.74. The Morgan fingerprint density at radius 1 is 1.22 bits per heavy atom. The summed E-state index contributed by atoms with van der Waals surface area (Å²) in [6, 6.07) is 0. The summed E-state index contributed by atoms with van der Waals surface area (Å²) < 4.78 is 2.86. The first-order valence-electron chi connectivity index (χ1n) is 6.17. The van der Waals surface area contributed by atoms with Crippen LogP contribution in [0.2, 0.25) is 0 Å². The Kier molecular flexibility index (Phi) is 3.22. The van der Waals surface area contributed by atoms with Crippen LogP contribution in [0.3, 0.4) is 0 Å². The van der Waals surface area contributed by atoms with Gasteiger partial charge in [-0.15, -0.1) is 0 Å². The van der Waals surface area contributed by atoms with Gasteiger partial charge >= 0.3 is 0 Å². The van der Waals surface area contributed by atoms with Gasteiger partial charge in [0.05, 0.1) is 0 Å². The molecular weight excluding hydrogens is 294 g/mol. The fourth-order valence-electron chi connectivity index (χ4n) is 2.36. The van der Waals surface area contributed by atoms with Crippen LogP contribution in [0.15, 0.2) is 23.2 Å². The fourth-order valence-corrected chi connectivity index (χ4v) is 2.74. The topological polar surface area (TPSA) is 36.7 Å². The molecule has 5 nitrogen and oxygen atoms in total. The van der Waals surface area contributed by atoms with E-state index < -0.39 is 0 Å². The summed E-state index contributed by atoms with van der Waals surface area (Å²) >= 11 is 3.47. The maximum Gasteiger partial charge on any atom is 0.180 e. The number of halogens is 1. The molecule has 0 radical (unpaired) electrons. The Labute approximate surface area is 115 Å². The predicted octanol–water partition coefficient (Wildman–Crippen LogP) is 1.63. The number of aromatic nitrogens is 3. The lowest BCUT2D eigenvalue weighted by Gasteiger charge is -2.22. The minimum absolute atomic E-state index is 0.848. The molecule has 96 valence electrons. The van der Waals surface area contributed by atoms with E-state index in [4.69, 9.17) is 0 Å². The van der Waals surface area contributed by atoms with Crippen LogP contribution in [-0.4, -0.2) is 52.5 Å². The van der Waals surface area contributed by atoms with Crippen molar-refractivity contribution in [1.29, 1.82) is 0 Å². The first-order valence-corrected chi connectivity index (χ1v) is 6.96. The van der Waals surface area contributed by atoms with Crippen molar-refractivity contribution in [3.8, 4) is 0 Å². The molecule has 0 amide bonds. The molecule has 0 aromatic carbocycles. The molecular formula is C12H16BrN5. The third kappa shape index (κ3) is 2.22. The van der Waals surface area contributed by atoms with Gasteiger partial charge in [0.1, 0.15) is 4.60 Å². The highest BCUT2D eigenvalue weighted by Gasteiger charge is 2.17. The van der Waals surface area contributed by atoms with Gasteiger partial charge in [-0.25, -0.2) is 9.97 Å². The highest BCUT2D eigenvalue weighted by atomic mass is 79.9. The Morgan fingerprint density at radius 3 is 3.00 bits per heavy atom. The van der Waals surface area contributed by atoms with Crippen molar-refractivity contribution in [1.82, 2.24) is 19.3 Å². The van der Waals surface area contributed by atoms with Crippen LogP contribution in [0.4, 0.5) is 5.82 Å². The number of fused-ring (bicyclic) bond motifs is 1. The van der Waals surface area contributed by atoms with E-state index in [0.717, 1.165) is 48.7 Å². The molecule has 0 N–H and O–H groups in total. The zero-order chi connectivity index (χ0) is 12.5. The summed E-state index contributed by atoms with van der Waals surface area (Å²) in [7, 11) is 2.17. The van der Waals surface area contributed by atoms with E-state index in [1.54, 1.807) is 0 Å². The zero-order valence-electron chi connectivity index (χ0n) is 10.4. The molecule has 1 fully saturated rings. The minimum Gasteiger partial charge on any atom is -0.352 e. The van der Waals surface area contributed by atoms with Crippen molar-refractivity contribution in [2.45, 2.75) is 6.42 Å². The van der Waals surface area contributed by atoms with E-state index in [0.29, 0.717) is 0 Å². The van der Waals surface area contributed by atoms with E-state index in [1.807, 2.05) is 23.0 Å². The average molecular weight is 310 g/mol. The molecule has 0 spiro atoms. The van der Waals surface area contributed by atoms with Gasteiger partial charge in [-0.3, -0.25) is 0 Å². The summed E-state index contributed by atoms with van der Waals surface area (Å²) in [6.07, 6.45) is 6.87. The molecule has 1 saturated heterocycles. The number of hydrogen-bond donors (Lipinski definition) is 0. The highest BCUT2D eigenvalue weighted by molar-refractivity contribution is 9.10. The molecule has 0 aliphatic carbocycles. The van der Waals surface area contributed by atoms with Gasteiger partial charge in [0.25, 0.3) is 0 Å². The van der Waals surface area contributed by atoms with Gasteiger partial charge in [0.15, 0.2) is 11.5 Å². The summed E-state index contributed by atoms with van der Waals surface area (Å²) in [4.78, 5) is 13.7. The van der Waals surface area contributed by atoms with E-state index >= 15 is 0 Å². The number of anilines is 1. The van der Waals surface area contributed by atoms with Gasteiger partial charge in [0.2, 0.25) is 0 Å². The van der Waals surface area contributed by atoms with Crippen LogP contribution in [0.25, 0.3) is 5.65 Å². The van der Waals surface area contributed by atoms with E-state index in [9.17, 15) is 0 Å². The lowest BCUT2D eigenvalue weighted by Crippen LogP contribution is -2.29. The molecule has 3 heterocycles. The minimum atomic E-state index is 0.848. The normalized spacial score (nSPS) is 18.2. The van der Waals surface area contributed by atoms with E-state index in [2.05, 4.69) is 42.7 Å². The van der Waals surface area contributed by atoms with Gasteiger partial charge in [-0.1, -0.05) is 0 Å². The van der Waals surface area contributed by atoms with Gasteiger partial charge in [-0.05, 0) is 35.9 Å². The van der Waals surface area contributed by atoms with Crippen LogP contribution in [0.5, 0.6) is 0 Å². The lowest BCUT2D eigenvalue weighted by molar-refractivity contribution is 0.360. The predicted molar refractivity (Wildman–Crippen MR) is 75.0 cm³/mol. The molecule has 3 rings (SSSR count). The van der Waals surface area contributed by atoms with Crippen molar-refractivity contribution in [2.24, 2.45) is 0 Å². The van der Waals surface area contributed by atoms with Gasteiger partial charge in [0, 0.05) is 38.2 Å². The monoisotopic (exact) mass is 309 g/mol.